The second kappa shape index (κ2) is 7.05. The summed E-state index contributed by atoms with van der Waals surface area (Å²) in [4.78, 5) is 2.44. The van der Waals surface area contributed by atoms with Crippen molar-refractivity contribution in [3.63, 3.8) is 0 Å². The van der Waals surface area contributed by atoms with Crippen LogP contribution in [0.5, 0.6) is 0 Å². The van der Waals surface area contributed by atoms with Crippen molar-refractivity contribution < 1.29 is 4.74 Å². The minimum Gasteiger partial charge on any atom is -0.373 e. The summed E-state index contributed by atoms with van der Waals surface area (Å²) in [5.41, 5.74) is 1.27. The van der Waals surface area contributed by atoms with Crippen molar-refractivity contribution in [1.29, 1.82) is 0 Å². The third kappa shape index (κ3) is 5.10. The molecule has 16 heavy (non-hydrogen) atoms. The van der Waals surface area contributed by atoms with Gasteiger partial charge >= 0.3 is 0 Å². The molecule has 94 valence electrons. The van der Waals surface area contributed by atoms with Crippen LogP contribution in [0.3, 0.4) is 0 Å². The Bertz CT molecular complexity index is 208. The topological polar surface area (TPSA) is 24.5 Å². The lowest BCUT2D eigenvalue weighted by Crippen LogP contribution is -2.46. The lowest BCUT2D eigenvalue weighted by atomic mass is 10.2. The number of ether oxygens (including phenoxy) is 1. The molecule has 3 heteroatoms. The number of morpholine rings is 1. The molecule has 1 rings (SSSR count). The molecule has 1 fully saturated rings. The Morgan fingerprint density at radius 1 is 1.38 bits per heavy atom. The molecule has 0 bridgehead atoms. The second-order valence-corrected chi connectivity index (χ2v) is 4.88. The minimum absolute atomic E-state index is 0.347. The lowest BCUT2D eigenvalue weighted by molar-refractivity contribution is -0.0653. The van der Waals surface area contributed by atoms with Crippen LogP contribution in [0.1, 0.15) is 27.2 Å². The summed E-state index contributed by atoms with van der Waals surface area (Å²) < 4.78 is 5.71. The number of hydrogen-bond acceptors (Lipinski definition) is 3. The average Bonchev–Trinajstić information content (AvgIpc) is 2.16. The fourth-order valence-electron chi connectivity index (χ4n) is 2.23. The van der Waals surface area contributed by atoms with Crippen LogP contribution in [0.2, 0.25) is 0 Å². The van der Waals surface area contributed by atoms with Gasteiger partial charge in [-0.1, -0.05) is 13.5 Å². The Labute approximate surface area is 99.8 Å². The largest absolute Gasteiger partial charge is 0.373 e. The van der Waals surface area contributed by atoms with Gasteiger partial charge in [0.25, 0.3) is 0 Å². The van der Waals surface area contributed by atoms with E-state index < -0.39 is 0 Å². The highest BCUT2D eigenvalue weighted by Gasteiger charge is 2.21. The molecular formula is C13H26N2O. The third-order valence-corrected chi connectivity index (χ3v) is 2.74. The number of nitrogens with one attached hydrogen (secondary N) is 1. The normalized spacial score (nSPS) is 26.9. The predicted octanol–water partition coefficient (Wildman–Crippen LogP) is 1.65. The molecule has 0 amide bonds. The van der Waals surface area contributed by atoms with Crippen molar-refractivity contribution >= 4 is 0 Å². The highest BCUT2D eigenvalue weighted by molar-refractivity contribution is 5.00. The molecule has 0 aliphatic carbocycles. The van der Waals surface area contributed by atoms with E-state index in [4.69, 9.17) is 4.74 Å². The van der Waals surface area contributed by atoms with Crippen LogP contribution in [0.4, 0.5) is 0 Å². The molecule has 1 heterocycles. The minimum atomic E-state index is 0.347. The first kappa shape index (κ1) is 13.7. The molecule has 1 saturated heterocycles. The van der Waals surface area contributed by atoms with Crippen LogP contribution in [-0.4, -0.2) is 49.8 Å². The molecule has 0 radical (unpaired) electrons. The summed E-state index contributed by atoms with van der Waals surface area (Å²) in [6.45, 7) is 15.6. The zero-order chi connectivity index (χ0) is 12.0. The number of rotatable bonds is 6. The zero-order valence-electron chi connectivity index (χ0n) is 11.0. The Balaban J connectivity index is 2.22. The third-order valence-electron chi connectivity index (χ3n) is 2.74. The van der Waals surface area contributed by atoms with Crippen molar-refractivity contribution in [2.24, 2.45) is 0 Å². The summed E-state index contributed by atoms with van der Waals surface area (Å²) in [5.74, 6) is 0. The first-order chi connectivity index (χ1) is 7.61. The molecule has 1 N–H and O–H groups in total. The van der Waals surface area contributed by atoms with Gasteiger partial charge in [-0.15, -0.1) is 0 Å². The second-order valence-electron chi connectivity index (χ2n) is 4.88. The van der Waals surface area contributed by atoms with Gasteiger partial charge in [-0.05, 0) is 32.4 Å². The van der Waals surface area contributed by atoms with E-state index in [1.54, 1.807) is 0 Å². The van der Waals surface area contributed by atoms with Gasteiger partial charge in [-0.3, -0.25) is 4.90 Å². The maximum atomic E-state index is 5.71. The van der Waals surface area contributed by atoms with E-state index in [0.717, 1.165) is 32.7 Å². The van der Waals surface area contributed by atoms with Gasteiger partial charge in [-0.25, -0.2) is 0 Å². The van der Waals surface area contributed by atoms with Gasteiger partial charge in [0.05, 0.1) is 12.2 Å². The summed E-state index contributed by atoms with van der Waals surface area (Å²) in [7, 11) is 0. The monoisotopic (exact) mass is 226 g/mol. The first-order valence-corrected chi connectivity index (χ1v) is 6.37. The Morgan fingerprint density at radius 3 is 2.56 bits per heavy atom. The molecule has 0 saturated carbocycles. The number of nitrogens with zero attached hydrogens (tertiary/aromatic N) is 1. The van der Waals surface area contributed by atoms with E-state index in [0.29, 0.717) is 12.2 Å². The Kier molecular flexibility index (Phi) is 6.03. The van der Waals surface area contributed by atoms with Crippen molar-refractivity contribution in [3.05, 3.63) is 12.2 Å². The zero-order valence-corrected chi connectivity index (χ0v) is 11.0. The van der Waals surface area contributed by atoms with E-state index in [1.165, 1.54) is 12.0 Å². The van der Waals surface area contributed by atoms with Crippen molar-refractivity contribution in [2.45, 2.75) is 39.4 Å². The average molecular weight is 226 g/mol. The van der Waals surface area contributed by atoms with Crippen molar-refractivity contribution in [3.8, 4) is 0 Å². The highest BCUT2D eigenvalue weighted by Crippen LogP contribution is 2.11. The summed E-state index contributed by atoms with van der Waals surface area (Å²) in [5, 5.41) is 3.39. The molecule has 1 aliphatic heterocycles. The van der Waals surface area contributed by atoms with Crippen LogP contribution >= 0.6 is 0 Å². The maximum absolute atomic E-state index is 5.71. The van der Waals surface area contributed by atoms with Gasteiger partial charge in [-0.2, -0.15) is 0 Å². The van der Waals surface area contributed by atoms with Crippen LogP contribution in [-0.2, 0) is 4.74 Å². The van der Waals surface area contributed by atoms with Gasteiger partial charge in [0.2, 0.25) is 0 Å². The molecule has 0 spiro atoms. The number of hydrogen-bond donors (Lipinski definition) is 1. The predicted molar refractivity (Wildman–Crippen MR) is 68.7 cm³/mol. The lowest BCUT2D eigenvalue weighted by Gasteiger charge is -2.35. The molecule has 0 unspecified atom stereocenters. The van der Waals surface area contributed by atoms with Crippen LogP contribution in [0.25, 0.3) is 0 Å². The standard InChI is InChI=1S/C13H26N2O/c1-5-6-14-7-11(2)8-15-9-12(3)16-13(4)10-15/h12-14H,2,5-10H2,1,3-4H3/t12-,13+. The van der Waals surface area contributed by atoms with Crippen molar-refractivity contribution in [2.75, 3.05) is 32.7 Å². The van der Waals surface area contributed by atoms with E-state index in [1.807, 2.05) is 0 Å². The van der Waals surface area contributed by atoms with E-state index >= 15 is 0 Å². The molecule has 0 aromatic carbocycles. The first-order valence-electron chi connectivity index (χ1n) is 6.37. The molecular weight excluding hydrogens is 200 g/mol. The van der Waals surface area contributed by atoms with Gasteiger partial charge in [0.15, 0.2) is 0 Å². The summed E-state index contributed by atoms with van der Waals surface area (Å²) in [6, 6.07) is 0. The SMILES string of the molecule is C=C(CNCCC)CN1C[C@@H](C)O[C@@H](C)C1. The Morgan fingerprint density at radius 2 is 2.00 bits per heavy atom. The summed E-state index contributed by atoms with van der Waals surface area (Å²) >= 11 is 0. The van der Waals surface area contributed by atoms with Crippen LogP contribution in [0, 0.1) is 0 Å². The molecule has 2 atom stereocenters. The maximum Gasteiger partial charge on any atom is 0.0678 e. The summed E-state index contributed by atoms with van der Waals surface area (Å²) in [6.07, 6.45) is 1.87. The van der Waals surface area contributed by atoms with Crippen LogP contribution < -0.4 is 5.32 Å². The molecule has 3 nitrogen and oxygen atoms in total. The van der Waals surface area contributed by atoms with E-state index in [-0.39, 0.29) is 0 Å². The fourth-order valence-corrected chi connectivity index (χ4v) is 2.23. The molecule has 0 aromatic rings. The quantitative estimate of drug-likeness (QED) is 0.550. The van der Waals surface area contributed by atoms with Crippen molar-refractivity contribution in [1.82, 2.24) is 10.2 Å². The fraction of sp³-hybridized carbons (Fsp3) is 0.846. The highest BCUT2D eigenvalue weighted by atomic mass is 16.5. The Hall–Kier alpha value is -0.380. The molecule has 0 aromatic heterocycles. The van der Waals surface area contributed by atoms with E-state index in [9.17, 15) is 0 Å². The molecule has 1 aliphatic rings. The van der Waals surface area contributed by atoms with Crippen LogP contribution in [0.15, 0.2) is 12.2 Å². The smallest absolute Gasteiger partial charge is 0.0678 e. The van der Waals surface area contributed by atoms with E-state index in [2.05, 4.69) is 37.6 Å². The van der Waals surface area contributed by atoms with Gasteiger partial charge < -0.3 is 10.1 Å². The van der Waals surface area contributed by atoms with Gasteiger partial charge in [0.1, 0.15) is 0 Å². The van der Waals surface area contributed by atoms with Gasteiger partial charge in [0, 0.05) is 26.2 Å².